The van der Waals surface area contributed by atoms with Crippen molar-refractivity contribution in [1.29, 1.82) is 0 Å². The summed E-state index contributed by atoms with van der Waals surface area (Å²) in [4.78, 5) is 13.1. The molecule has 1 aliphatic rings. The maximum atomic E-state index is 13.5. The number of hydrogen-bond acceptors (Lipinski definition) is 3. The molecule has 1 aliphatic heterocycles. The normalized spacial score (nSPS) is 15.8. The zero-order valence-corrected chi connectivity index (χ0v) is 9.31. The monoisotopic (exact) mass is 237 g/mol. The van der Waals surface area contributed by atoms with Crippen LogP contribution in [-0.4, -0.2) is 24.7 Å². The highest BCUT2D eigenvalue weighted by molar-refractivity contribution is 6.03. The van der Waals surface area contributed by atoms with Crippen molar-refractivity contribution in [2.45, 2.75) is 6.42 Å². The van der Waals surface area contributed by atoms with E-state index in [9.17, 15) is 14.3 Å². The number of aliphatic hydroxyl groups excluding tert-OH is 1. The third-order valence-corrected chi connectivity index (χ3v) is 2.59. The molecule has 1 aromatic carbocycles. The van der Waals surface area contributed by atoms with Gasteiger partial charge >= 0.3 is 0 Å². The van der Waals surface area contributed by atoms with Crippen molar-refractivity contribution in [3.63, 3.8) is 0 Å². The molecule has 1 aromatic rings. The molecule has 0 aromatic heterocycles. The molecule has 1 N–H and O–H groups in total. The fourth-order valence-electron chi connectivity index (χ4n) is 1.78. The van der Waals surface area contributed by atoms with E-state index in [0.29, 0.717) is 18.7 Å². The molecule has 0 saturated heterocycles. The Morgan fingerprint density at radius 2 is 2.24 bits per heavy atom. The first-order valence-electron chi connectivity index (χ1n) is 5.17. The molecule has 0 saturated carbocycles. The van der Waals surface area contributed by atoms with Crippen LogP contribution in [0.5, 0.6) is 5.75 Å². The second-order valence-electron chi connectivity index (χ2n) is 3.67. The number of methoxy groups -OCH3 is 1. The molecule has 90 valence electrons. The fraction of sp³-hybridized carbons (Fsp3) is 0.250. The average molecular weight is 237 g/mol. The first-order valence-corrected chi connectivity index (χ1v) is 5.17. The van der Waals surface area contributed by atoms with E-state index in [1.54, 1.807) is 6.07 Å². The molecule has 1 amide bonds. The number of carbonyl (C=O) groups excluding carboxylic acids is 1. The van der Waals surface area contributed by atoms with E-state index in [0.717, 1.165) is 6.08 Å². The van der Waals surface area contributed by atoms with Crippen LogP contribution in [0.1, 0.15) is 6.42 Å². The molecule has 5 heteroatoms. The van der Waals surface area contributed by atoms with E-state index in [-0.39, 0.29) is 17.4 Å². The minimum Gasteiger partial charge on any atom is -0.512 e. The van der Waals surface area contributed by atoms with Crippen molar-refractivity contribution in [3.05, 3.63) is 35.9 Å². The molecular formula is C12H12FNO3. The highest BCUT2D eigenvalue weighted by atomic mass is 19.1. The number of halogens is 1. The molecule has 0 spiro atoms. The van der Waals surface area contributed by atoms with Gasteiger partial charge in [0.05, 0.1) is 18.6 Å². The zero-order valence-electron chi connectivity index (χ0n) is 9.31. The smallest absolute Gasteiger partial charge is 0.254 e. The summed E-state index contributed by atoms with van der Waals surface area (Å²) >= 11 is 0. The summed E-state index contributed by atoms with van der Waals surface area (Å²) in [5.41, 5.74) is 0.376. The number of rotatable bonds is 2. The zero-order chi connectivity index (χ0) is 12.4. The number of ether oxygens (including phenoxy) is 1. The van der Waals surface area contributed by atoms with E-state index in [1.165, 1.54) is 24.1 Å². The van der Waals surface area contributed by atoms with Crippen LogP contribution < -0.4 is 9.64 Å². The molecule has 0 radical (unpaired) electrons. The number of nitrogens with zero attached hydrogens (tertiary/aromatic N) is 1. The molecule has 2 rings (SSSR count). The lowest BCUT2D eigenvalue weighted by Gasteiger charge is -2.26. The van der Waals surface area contributed by atoms with Crippen molar-refractivity contribution in [1.82, 2.24) is 0 Å². The Morgan fingerprint density at radius 3 is 2.88 bits per heavy atom. The van der Waals surface area contributed by atoms with Crippen molar-refractivity contribution in [2.75, 3.05) is 18.6 Å². The summed E-state index contributed by atoms with van der Waals surface area (Å²) in [5, 5.41) is 9.23. The number of benzene rings is 1. The van der Waals surface area contributed by atoms with Gasteiger partial charge in [-0.3, -0.25) is 4.79 Å². The van der Waals surface area contributed by atoms with Gasteiger partial charge in [-0.15, -0.1) is 0 Å². The fourth-order valence-corrected chi connectivity index (χ4v) is 1.78. The van der Waals surface area contributed by atoms with E-state index >= 15 is 0 Å². The maximum Gasteiger partial charge on any atom is 0.254 e. The minimum atomic E-state index is -0.517. The summed E-state index contributed by atoms with van der Waals surface area (Å²) in [6, 6.07) is 4.39. The third-order valence-electron chi connectivity index (χ3n) is 2.59. The summed E-state index contributed by atoms with van der Waals surface area (Å²) < 4.78 is 18.4. The topological polar surface area (TPSA) is 49.8 Å². The highest BCUT2D eigenvalue weighted by Crippen LogP contribution is 2.32. The van der Waals surface area contributed by atoms with Crippen LogP contribution in [0.3, 0.4) is 0 Å². The van der Waals surface area contributed by atoms with E-state index < -0.39 is 5.82 Å². The minimum absolute atomic E-state index is 0.0376. The number of anilines is 1. The number of para-hydroxylation sites is 1. The SMILES string of the molecule is COc1c(F)cccc1N1CCC(O)=CC1=O. The van der Waals surface area contributed by atoms with Gasteiger partial charge in [0.1, 0.15) is 0 Å². The van der Waals surface area contributed by atoms with Crippen molar-refractivity contribution in [2.24, 2.45) is 0 Å². The van der Waals surface area contributed by atoms with Gasteiger partial charge in [0.15, 0.2) is 11.6 Å². The van der Waals surface area contributed by atoms with Gasteiger partial charge in [-0.05, 0) is 12.1 Å². The van der Waals surface area contributed by atoms with Crippen LogP contribution in [0.4, 0.5) is 10.1 Å². The predicted octanol–water partition coefficient (Wildman–Crippen LogP) is 2.01. The predicted molar refractivity (Wildman–Crippen MR) is 60.6 cm³/mol. The summed E-state index contributed by atoms with van der Waals surface area (Å²) in [7, 11) is 1.35. The molecule has 0 fully saturated rings. The lowest BCUT2D eigenvalue weighted by molar-refractivity contribution is -0.114. The van der Waals surface area contributed by atoms with Crippen LogP contribution in [0.2, 0.25) is 0 Å². The van der Waals surface area contributed by atoms with Gasteiger partial charge in [-0.1, -0.05) is 6.07 Å². The molecule has 17 heavy (non-hydrogen) atoms. The van der Waals surface area contributed by atoms with Crippen LogP contribution in [0, 0.1) is 5.82 Å². The van der Waals surface area contributed by atoms with Crippen LogP contribution in [0.25, 0.3) is 0 Å². The molecule has 0 unspecified atom stereocenters. The maximum absolute atomic E-state index is 13.5. The molecule has 0 aliphatic carbocycles. The van der Waals surface area contributed by atoms with Crippen molar-refractivity contribution in [3.8, 4) is 5.75 Å². The van der Waals surface area contributed by atoms with Crippen LogP contribution >= 0.6 is 0 Å². The van der Waals surface area contributed by atoms with Gasteiger partial charge in [-0.25, -0.2) is 4.39 Å². The van der Waals surface area contributed by atoms with Gasteiger partial charge in [0.2, 0.25) is 0 Å². The number of amides is 1. The Kier molecular flexibility index (Phi) is 2.99. The van der Waals surface area contributed by atoms with Gasteiger partial charge < -0.3 is 14.7 Å². The Bertz CT molecular complexity index is 485. The highest BCUT2D eigenvalue weighted by Gasteiger charge is 2.23. The Morgan fingerprint density at radius 1 is 1.47 bits per heavy atom. The third kappa shape index (κ3) is 2.08. The Balaban J connectivity index is 2.41. The van der Waals surface area contributed by atoms with E-state index in [2.05, 4.69) is 0 Å². The standard InChI is InChI=1S/C12H12FNO3/c1-17-12-9(13)3-2-4-10(12)14-6-5-8(15)7-11(14)16/h2-4,7,15H,5-6H2,1H3. The van der Waals surface area contributed by atoms with E-state index in [4.69, 9.17) is 4.74 Å². The van der Waals surface area contributed by atoms with Crippen LogP contribution in [-0.2, 0) is 4.79 Å². The Labute approximate surface area is 97.9 Å². The molecular weight excluding hydrogens is 225 g/mol. The second kappa shape index (κ2) is 4.45. The molecule has 0 bridgehead atoms. The lowest BCUT2D eigenvalue weighted by Crippen LogP contribution is -2.34. The summed E-state index contributed by atoms with van der Waals surface area (Å²) in [6.45, 7) is 0.307. The van der Waals surface area contributed by atoms with Gasteiger partial charge in [0, 0.05) is 19.0 Å². The molecule has 0 atom stereocenters. The summed E-state index contributed by atoms with van der Waals surface area (Å²) in [6.07, 6.45) is 1.49. The number of carbonyl (C=O) groups is 1. The summed E-state index contributed by atoms with van der Waals surface area (Å²) in [5.74, 6) is -0.813. The second-order valence-corrected chi connectivity index (χ2v) is 3.67. The molecule has 4 nitrogen and oxygen atoms in total. The first-order chi connectivity index (χ1) is 8.13. The number of aliphatic hydroxyl groups is 1. The van der Waals surface area contributed by atoms with Crippen molar-refractivity contribution >= 4 is 11.6 Å². The average Bonchev–Trinajstić information content (AvgIpc) is 2.29. The van der Waals surface area contributed by atoms with Gasteiger partial charge in [-0.2, -0.15) is 0 Å². The first kappa shape index (κ1) is 11.4. The van der Waals surface area contributed by atoms with Gasteiger partial charge in [0.25, 0.3) is 5.91 Å². The number of hydrogen-bond donors (Lipinski definition) is 1. The molecule has 1 heterocycles. The van der Waals surface area contributed by atoms with E-state index in [1.807, 2.05) is 0 Å². The quantitative estimate of drug-likeness (QED) is 0.856. The largest absolute Gasteiger partial charge is 0.512 e. The lowest BCUT2D eigenvalue weighted by atomic mass is 10.1. The van der Waals surface area contributed by atoms with Crippen molar-refractivity contribution < 1.29 is 19.0 Å². The van der Waals surface area contributed by atoms with Crippen LogP contribution in [0.15, 0.2) is 30.0 Å². The Hall–Kier alpha value is -2.04.